The van der Waals surface area contributed by atoms with E-state index in [4.69, 9.17) is 4.99 Å². The number of rotatable bonds is 7. The van der Waals surface area contributed by atoms with Gasteiger partial charge in [-0.1, -0.05) is 13.8 Å². The molecule has 1 N–H and O–H groups in total. The third-order valence-electron chi connectivity index (χ3n) is 4.02. The van der Waals surface area contributed by atoms with Gasteiger partial charge in [-0.3, -0.25) is 4.99 Å². The Hall–Kier alpha value is -1.24. The molecule has 0 bridgehead atoms. The van der Waals surface area contributed by atoms with Crippen molar-refractivity contribution in [1.29, 1.82) is 0 Å². The Morgan fingerprint density at radius 1 is 1.35 bits per heavy atom. The third-order valence-corrected chi connectivity index (χ3v) is 5.56. The van der Waals surface area contributed by atoms with E-state index in [2.05, 4.69) is 52.9 Å². The molecule has 0 spiro atoms. The van der Waals surface area contributed by atoms with Crippen LogP contribution in [0.5, 0.6) is 0 Å². The number of aliphatic imine (C=N–C) groups is 1. The van der Waals surface area contributed by atoms with Crippen molar-refractivity contribution in [3.05, 3.63) is 12.7 Å². The Labute approximate surface area is 144 Å². The molecule has 1 aromatic rings. The van der Waals surface area contributed by atoms with Crippen LogP contribution in [-0.2, 0) is 6.54 Å². The second-order valence-corrected chi connectivity index (χ2v) is 7.59. The monoisotopic (exact) mass is 338 g/mol. The van der Waals surface area contributed by atoms with Crippen LogP contribution in [0.4, 0.5) is 0 Å². The summed E-state index contributed by atoms with van der Waals surface area (Å²) in [5, 5.41) is 11.8. The van der Waals surface area contributed by atoms with Gasteiger partial charge in [0, 0.05) is 43.7 Å². The van der Waals surface area contributed by atoms with E-state index in [1.807, 2.05) is 4.57 Å². The van der Waals surface area contributed by atoms with E-state index in [-0.39, 0.29) is 0 Å². The molecule has 1 aliphatic rings. The third kappa shape index (κ3) is 6.05. The first-order valence-corrected chi connectivity index (χ1v) is 9.72. The van der Waals surface area contributed by atoms with Crippen LogP contribution in [0.25, 0.3) is 0 Å². The topological polar surface area (TPSA) is 58.3 Å². The molecule has 1 fully saturated rings. The number of guanidine groups is 1. The van der Waals surface area contributed by atoms with Crippen molar-refractivity contribution in [2.24, 2.45) is 10.9 Å². The summed E-state index contributed by atoms with van der Waals surface area (Å²) in [5.41, 5.74) is 0. The lowest BCUT2D eigenvalue weighted by molar-refractivity contribution is 0.380. The van der Waals surface area contributed by atoms with Crippen LogP contribution in [-0.4, -0.2) is 62.8 Å². The molecule has 0 aliphatic carbocycles. The molecular formula is C16H30N6S. The molecule has 0 aromatic carbocycles. The highest BCUT2D eigenvalue weighted by molar-refractivity contribution is 8.00. The van der Waals surface area contributed by atoms with Gasteiger partial charge in [0.15, 0.2) is 5.96 Å². The zero-order valence-corrected chi connectivity index (χ0v) is 15.4. The summed E-state index contributed by atoms with van der Waals surface area (Å²) < 4.78 is 2.02. The van der Waals surface area contributed by atoms with Crippen molar-refractivity contribution in [3.63, 3.8) is 0 Å². The van der Waals surface area contributed by atoms with E-state index in [0.29, 0.717) is 5.25 Å². The highest BCUT2D eigenvalue weighted by atomic mass is 32.2. The number of hydrogen-bond donors (Lipinski definition) is 1. The molecule has 130 valence electrons. The number of nitrogens with zero attached hydrogens (tertiary/aromatic N) is 5. The van der Waals surface area contributed by atoms with Crippen LogP contribution in [0.3, 0.4) is 0 Å². The molecule has 1 saturated heterocycles. The van der Waals surface area contributed by atoms with Gasteiger partial charge in [0.2, 0.25) is 0 Å². The molecule has 2 heterocycles. The zero-order valence-electron chi connectivity index (χ0n) is 14.6. The van der Waals surface area contributed by atoms with Crippen molar-refractivity contribution in [1.82, 2.24) is 25.0 Å². The van der Waals surface area contributed by atoms with Gasteiger partial charge in [0.1, 0.15) is 12.7 Å². The Morgan fingerprint density at radius 3 is 2.83 bits per heavy atom. The predicted molar refractivity (Wildman–Crippen MR) is 97.9 cm³/mol. The van der Waals surface area contributed by atoms with Gasteiger partial charge in [-0.05, 0) is 25.7 Å². The van der Waals surface area contributed by atoms with Crippen LogP contribution in [0.15, 0.2) is 17.6 Å². The molecule has 1 atom stereocenters. The van der Waals surface area contributed by atoms with Gasteiger partial charge in [0.05, 0.1) is 0 Å². The maximum atomic E-state index is 4.83. The van der Waals surface area contributed by atoms with E-state index in [9.17, 15) is 0 Å². The lowest BCUT2D eigenvalue weighted by atomic mass is 10.1. The molecule has 1 aliphatic heterocycles. The fraction of sp³-hybridized carbons (Fsp3) is 0.812. The summed E-state index contributed by atoms with van der Waals surface area (Å²) in [7, 11) is 0. The number of aryl methyl sites for hydroxylation is 1. The minimum absolute atomic E-state index is 0.710. The molecule has 0 radical (unpaired) electrons. The molecule has 0 amide bonds. The quantitative estimate of drug-likeness (QED) is 0.469. The SMILES string of the molecule is CCNC(=NCCCCn1cnnc1)N1CCSC(C(C)C)C1. The molecule has 0 saturated carbocycles. The lowest BCUT2D eigenvalue weighted by Gasteiger charge is -2.36. The van der Waals surface area contributed by atoms with E-state index < -0.39 is 0 Å². The van der Waals surface area contributed by atoms with E-state index in [1.54, 1.807) is 12.7 Å². The van der Waals surface area contributed by atoms with Crippen molar-refractivity contribution in [2.45, 2.75) is 45.4 Å². The second kappa shape index (κ2) is 9.80. The number of aromatic nitrogens is 3. The van der Waals surface area contributed by atoms with Crippen molar-refractivity contribution in [3.8, 4) is 0 Å². The highest BCUT2D eigenvalue weighted by Gasteiger charge is 2.24. The first-order valence-electron chi connectivity index (χ1n) is 8.68. The first-order chi connectivity index (χ1) is 11.2. The van der Waals surface area contributed by atoms with E-state index >= 15 is 0 Å². The lowest BCUT2D eigenvalue weighted by Crippen LogP contribution is -2.49. The normalized spacial score (nSPS) is 19.4. The first kappa shape index (κ1) is 18.1. The average Bonchev–Trinajstić information content (AvgIpc) is 3.07. The molecule has 1 aromatic heterocycles. The van der Waals surface area contributed by atoms with Gasteiger partial charge in [-0.15, -0.1) is 10.2 Å². The van der Waals surface area contributed by atoms with Gasteiger partial charge in [0.25, 0.3) is 0 Å². The average molecular weight is 339 g/mol. The Kier molecular flexibility index (Phi) is 7.71. The molecule has 7 heteroatoms. The number of hydrogen-bond acceptors (Lipinski definition) is 4. The van der Waals surface area contributed by atoms with Crippen molar-refractivity contribution >= 4 is 17.7 Å². The highest BCUT2D eigenvalue weighted by Crippen LogP contribution is 2.24. The van der Waals surface area contributed by atoms with Gasteiger partial charge in [-0.25, -0.2) is 0 Å². The Bertz CT molecular complexity index is 459. The maximum Gasteiger partial charge on any atom is 0.193 e. The summed E-state index contributed by atoms with van der Waals surface area (Å²) in [5.74, 6) is 3.00. The number of thioether (sulfide) groups is 1. The van der Waals surface area contributed by atoms with E-state index in [0.717, 1.165) is 57.4 Å². The fourth-order valence-corrected chi connectivity index (χ4v) is 3.92. The van der Waals surface area contributed by atoms with Gasteiger partial charge < -0.3 is 14.8 Å². The molecule has 2 rings (SSSR count). The van der Waals surface area contributed by atoms with Crippen molar-refractivity contribution in [2.75, 3.05) is 31.9 Å². The minimum atomic E-state index is 0.710. The van der Waals surface area contributed by atoms with Gasteiger partial charge >= 0.3 is 0 Å². The van der Waals surface area contributed by atoms with Crippen LogP contribution in [0, 0.1) is 5.92 Å². The Balaban J connectivity index is 1.79. The molecular weight excluding hydrogens is 308 g/mol. The standard InChI is InChI=1S/C16H30N6S/c1-4-17-16(22-9-10-23-15(11-22)14(2)3)18-7-5-6-8-21-12-19-20-13-21/h12-15H,4-11H2,1-3H3,(H,17,18). The predicted octanol–water partition coefficient (Wildman–Crippen LogP) is 2.10. The summed E-state index contributed by atoms with van der Waals surface area (Å²) in [4.78, 5) is 7.27. The van der Waals surface area contributed by atoms with E-state index in [1.165, 1.54) is 5.75 Å². The summed E-state index contributed by atoms with van der Waals surface area (Å²) in [6, 6.07) is 0. The Morgan fingerprint density at radius 2 is 2.13 bits per heavy atom. The van der Waals surface area contributed by atoms with Gasteiger partial charge in [-0.2, -0.15) is 11.8 Å². The summed E-state index contributed by atoms with van der Waals surface area (Å²) in [6.45, 7) is 11.7. The van der Waals surface area contributed by atoms with Crippen LogP contribution in [0.2, 0.25) is 0 Å². The molecule has 6 nitrogen and oxygen atoms in total. The maximum absolute atomic E-state index is 4.83. The van der Waals surface area contributed by atoms with Crippen LogP contribution in [0.1, 0.15) is 33.6 Å². The smallest absolute Gasteiger partial charge is 0.193 e. The summed E-state index contributed by atoms with van der Waals surface area (Å²) >= 11 is 2.10. The second-order valence-electron chi connectivity index (χ2n) is 6.24. The fourth-order valence-electron chi connectivity index (χ4n) is 2.63. The number of nitrogens with one attached hydrogen (secondary N) is 1. The van der Waals surface area contributed by atoms with Crippen LogP contribution >= 0.6 is 11.8 Å². The van der Waals surface area contributed by atoms with Crippen molar-refractivity contribution < 1.29 is 0 Å². The number of unbranched alkanes of at least 4 members (excludes halogenated alkanes) is 1. The minimum Gasteiger partial charge on any atom is -0.357 e. The summed E-state index contributed by atoms with van der Waals surface area (Å²) in [6.07, 6.45) is 5.73. The zero-order chi connectivity index (χ0) is 16.5. The molecule has 23 heavy (non-hydrogen) atoms. The van der Waals surface area contributed by atoms with Crippen LogP contribution < -0.4 is 5.32 Å². The largest absolute Gasteiger partial charge is 0.357 e. The molecule has 1 unspecified atom stereocenters.